The van der Waals surface area contributed by atoms with Gasteiger partial charge in [-0.05, 0) is 40.9 Å². The van der Waals surface area contributed by atoms with E-state index >= 15 is 0 Å². The van der Waals surface area contributed by atoms with E-state index in [2.05, 4.69) is 34.0 Å². The van der Waals surface area contributed by atoms with Gasteiger partial charge in [0.1, 0.15) is 5.75 Å². The lowest BCUT2D eigenvalue weighted by Crippen LogP contribution is -2.33. The molecule has 0 amide bonds. The zero-order valence-electron chi connectivity index (χ0n) is 11.4. The van der Waals surface area contributed by atoms with E-state index < -0.39 is 0 Å². The molecular formula is C15H18BrN3O. The molecule has 106 valence electrons. The lowest BCUT2D eigenvalue weighted by molar-refractivity contribution is 0.196. The van der Waals surface area contributed by atoms with Crippen molar-refractivity contribution in [3.63, 3.8) is 0 Å². The summed E-state index contributed by atoms with van der Waals surface area (Å²) in [6.45, 7) is 3.54. The number of rotatable bonds is 3. The van der Waals surface area contributed by atoms with Gasteiger partial charge < -0.3 is 10.5 Å². The third kappa shape index (κ3) is 2.36. The number of ether oxygens (including phenoxy) is 1. The minimum atomic E-state index is -0.0832. The molecule has 0 saturated heterocycles. The fourth-order valence-corrected chi connectivity index (χ4v) is 3.32. The number of aryl methyl sites for hydroxylation is 1. The quantitative estimate of drug-likeness (QED) is 0.938. The van der Waals surface area contributed by atoms with E-state index in [0.717, 1.165) is 28.9 Å². The van der Waals surface area contributed by atoms with E-state index in [9.17, 15) is 0 Å². The highest BCUT2D eigenvalue weighted by Crippen LogP contribution is 2.34. The SMILES string of the molecule is CCn1ncc(Br)c1C(N)C1COc2ccccc2C1. The van der Waals surface area contributed by atoms with Crippen LogP contribution in [0.5, 0.6) is 5.75 Å². The predicted octanol–water partition coefficient (Wildman–Crippen LogP) is 2.92. The first-order valence-corrected chi connectivity index (χ1v) is 7.67. The fourth-order valence-electron chi connectivity index (χ4n) is 2.76. The van der Waals surface area contributed by atoms with Gasteiger partial charge in [0.05, 0.1) is 29.0 Å². The molecule has 20 heavy (non-hydrogen) atoms. The van der Waals surface area contributed by atoms with E-state index in [1.807, 2.05) is 29.1 Å². The molecule has 3 rings (SSSR count). The van der Waals surface area contributed by atoms with Crippen molar-refractivity contribution in [2.24, 2.45) is 11.7 Å². The maximum absolute atomic E-state index is 6.48. The first-order valence-electron chi connectivity index (χ1n) is 6.88. The second kappa shape index (κ2) is 5.58. The first-order chi connectivity index (χ1) is 9.70. The molecule has 1 aromatic heterocycles. The molecule has 4 nitrogen and oxygen atoms in total. The average molecular weight is 336 g/mol. The molecule has 0 bridgehead atoms. The van der Waals surface area contributed by atoms with Crippen LogP contribution in [0.2, 0.25) is 0 Å². The maximum atomic E-state index is 6.48. The number of benzene rings is 1. The molecule has 2 aromatic rings. The van der Waals surface area contributed by atoms with Crippen LogP contribution in [0.1, 0.15) is 24.2 Å². The molecule has 2 atom stereocenters. The Morgan fingerprint density at radius 2 is 2.30 bits per heavy atom. The molecular weight excluding hydrogens is 318 g/mol. The van der Waals surface area contributed by atoms with Crippen LogP contribution in [-0.4, -0.2) is 16.4 Å². The molecule has 2 unspecified atom stereocenters. The number of halogens is 1. The van der Waals surface area contributed by atoms with E-state index in [-0.39, 0.29) is 12.0 Å². The van der Waals surface area contributed by atoms with Gasteiger partial charge in [-0.3, -0.25) is 4.68 Å². The molecule has 0 radical (unpaired) electrons. The Hall–Kier alpha value is -1.33. The normalized spacial score (nSPS) is 19.2. The summed E-state index contributed by atoms with van der Waals surface area (Å²) in [6.07, 6.45) is 2.76. The van der Waals surface area contributed by atoms with Crippen molar-refractivity contribution in [2.75, 3.05) is 6.61 Å². The summed E-state index contributed by atoms with van der Waals surface area (Å²) in [5.41, 5.74) is 8.77. The molecule has 0 aliphatic carbocycles. The van der Waals surface area contributed by atoms with Gasteiger partial charge >= 0.3 is 0 Å². The molecule has 5 heteroatoms. The van der Waals surface area contributed by atoms with E-state index in [1.54, 1.807) is 0 Å². The van der Waals surface area contributed by atoms with Crippen molar-refractivity contribution in [1.82, 2.24) is 9.78 Å². The maximum Gasteiger partial charge on any atom is 0.122 e. The summed E-state index contributed by atoms with van der Waals surface area (Å²) in [5.74, 6) is 1.25. The number of hydrogen-bond donors (Lipinski definition) is 1. The van der Waals surface area contributed by atoms with Crippen molar-refractivity contribution in [3.8, 4) is 5.75 Å². The lowest BCUT2D eigenvalue weighted by atomic mass is 9.89. The highest BCUT2D eigenvalue weighted by atomic mass is 79.9. The summed E-state index contributed by atoms with van der Waals surface area (Å²) < 4.78 is 8.77. The molecule has 0 fully saturated rings. The highest BCUT2D eigenvalue weighted by Gasteiger charge is 2.29. The van der Waals surface area contributed by atoms with Crippen LogP contribution in [0.15, 0.2) is 34.9 Å². The second-order valence-corrected chi connectivity index (χ2v) is 5.96. The third-order valence-electron chi connectivity index (χ3n) is 3.86. The van der Waals surface area contributed by atoms with Gasteiger partial charge in [0, 0.05) is 12.5 Å². The van der Waals surface area contributed by atoms with Gasteiger partial charge in [0.15, 0.2) is 0 Å². The van der Waals surface area contributed by atoms with Crippen molar-refractivity contribution in [1.29, 1.82) is 0 Å². The molecule has 1 aliphatic rings. The standard InChI is InChI=1S/C15H18BrN3O/c1-2-19-15(12(16)8-18-19)14(17)11-7-10-5-3-4-6-13(10)20-9-11/h3-6,8,11,14H,2,7,9,17H2,1H3. The highest BCUT2D eigenvalue weighted by molar-refractivity contribution is 9.10. The molecule has 2 heterocycles. The van der Waals surface area contributed by atoms with Crippen molar-refractivity contribution in [2.45, 2.75) is 25.9 Å². The van der Waals surface area contributed by atoms with Gasteiger partial charge in [-0.1, -0.05) is 18.2 Å². The van der Waals surface area contributed by atoms with Gasteiger partial charge in [-0.2, -0.15) is 5.10 Å². The number of fused-ring (bicyclic) bond motifs is 1. The number of aromatic nitrogens is 2. The van der Waals surface area contributed by atoms with E-state index in [0.29, 0.717) is 6.61 Å². The monoisotopic (exact) mass is 335 g/mol. The topological polar surface area (TPSA) is 53.1 Å². The molecule has 1 aromatic carbocycles. The van der Waals surface area contributed by atoms with Crippen LogP contribution in [0.4, 0.5) is 0 Å². The Bertz CT molecular complexity index is 611. The Morgan fingerprint density at radius 3 is 3.10 bits per heavy atom. The zero-order chi connectivity index (χ0) is 14.1. The largest absolute Gasteiger partial charge is 0.493 e. The summed E-state index contributed by atoms with van der Waals surface area (Å²) in [4.78, 5) is 0. The minimum absolute atomic E-state index is 0.0832. The first kappa shape index (κ1) is 13.6. The van der Waals surface area contributed by atoms with Gasteiger partial charge in [-0.15, -0.1) is 0 Å². The Labute approximate surface area is 127 Å². The molecule has 0 spiro atoms. The average Bonchev–Trinajstić information content (AvgIpc) is 2.87. The molecule has 1 aliphatic heterocycles. The van der Waals surface area contributed by atoms with Crippen LogP contribution in [0.25, 0.3) is 0 Å². The Morgan fingerprint density at radius 1 is 1.50 bits per heavy atom. The van der Waals surface area contributed by atoms with Crippen LogP contribution in [-0.2, 0) is 13.0 Å². The van der Waals surface area contributed by atoms with Gasteiger partial charge in [0.2, 0.25) is 0 Å². The number of nitrogens with two attached hydrogens (primary N) is 1. The minimum Gasteiger partial charge on any atom is -0.493 e. The van der Waals surface area contributed by atoms with Crippen molar-refractivity contribution < 1.29 is 4.74 Å². The molecule has 0 saturated carbocycles. The van der Waals surface area contributed by atoms with E-state index in [1.165, 1.54) is 5.56 Å². The van der Waals surface area contributed by atoms with Crippen LogP contribution in [0, 0.1) is 5.92 Å². The van der Waals surface area contributed by atoms with Crippen LogP contribution >= 0.6 is 15.9 Å². The summed E-state index contributed by atoms with van der Waals surface area (Å²) >= 11 is 3.55. The van der Waals surface area contributed by atoms with Crippen LogP contribution < -0.4 is 10.5 Å². The van der Waals surface area contributed by atoms with Crippen molar-refractivity contribution in [3.05, 3.63) is 46.2 Å². The number of hydrogen-bond acceptors (Lipinski definition) is 3. The van der Waals surface area contributed by atoms with Crippen LogP contribution in [0.3, 0.4) is 0 Å². The fraction of sp³-hybridized carbons (Fsp3) is 0.400. The smallest absolute Gasteiger partial charge is 0.122 e. The Kier molecular flexibility index (Phi) is 3.81. The number of nitrogens with zero attached hydrogens (tertiary/aromatic N) is 2. The summed E-state index contributed by atoms with van der Waals surface area (Å²) in [6, 6.07) is 8.09. The van der Waals surface area contributed by atoms with E-state index in [4.69, 9.17) is 10.5 Å². The lowest BCUT2D eigenvalue weighted by Gasteiger charge is -2.30. The second-order valence-electron chi connectivity index (χ2n) is 5.10. The van der Waals surface area contributed by atoms with Crippen molar-refractivity contribution >= 4 is 15.9 Å². The zero-order valence-corrected chi connectivity index (χ0v) is 13.0. The third-order valence-corrected chi connectivity index (χ3v) is 4.47. The summed E-state index contributed by atoms with van der Waals surface area (Å²) in [5, 5.41) is 4.34. The van der Waals surface area contributed by atoms with Gasteiger partial charge in [0.25, 0.3) is 0 Å². The Balaban J connectivity index is 1.85. The predicted molar refractivity (Wildman–Crippen MR) is 81.7 cm³/mol. The number of para-hydroxylation sites is 1. The molecule has 2 N–H and O–H groups in total. The summed E-state index contributed by atoms with van der Waals surface area (Å²) in [7, 11) is 0. The van der Waals surface area contributed by atoms with Gasteiger partial charge in [-0.25, -0.2) is 0 Å².